The van der Waals surface area contributed by atoms with Crippen molar-refractivity contribution in [1.29, 1.82) is 0 Å². The van der Waals surface area contributed by atoms with Gasteiger partial charge in [-0.15, -0.1) is 11.3 Å². The van der Waals surface area contributed by atoms with Crippen molar-refractivity contribution < 1.29 is 24.2 Å². The second-order valence-corrected chi connectivity index (χ2v) is 9.46. The lowest BCUT2D eigenvalue weighted by molar-refractivity contribution is -0.137. The number of carbonyl (C=O) groups excluding carboxylic acids is 2. The average molecular weight is 493 g/mol. The molecule has 0 spiro atoms. The minimum Gasteiger partial charge on any atom is -0.481 e. The molecule has 0 radical (unpaired) electrons. The molecule has 2 amide bonds. The van der Waals surface area contributed by atoms with E-state index < -0.39 is 30.1 Å². The molecule has 3 aromatic rings. The number of ether oxygens (including phenoxy) is 1. The van der Waals surface area contributed by atoms with Crippen molar-refractivity contribution in [3.05, 3.63) is 82.0 Å². The summed E-state index contributed by atoms with van der Waals surface area (Å²) < 4.78 is 5.59. The van der Waals surface area contributed by atoms with Crippen LogP contribution < -0.4 is 10.6 Å². The Kier molecular flexibility index (Phi) is 7.82. The van der Waals surface area contributed by atoms with E-state index in [-0.39, 0.29) is 18.9 Å². The highest BCUT2D eigenvalue weighted by molar-refractivity contribution is 7.10. The molecule has 1 aliphatic rings. The quantitative estimate of drug-likeness (QED) is 0.366. The zero-order valence-electron chi connectivity index (χ0n) is 19.4. The van der Waals surface area contributed by atoms with Gasteiger partial charge in [-0.25, -0.2) is 4.79 Å². The zero-order chi connectivity index (χ0) is 24.8. The van der Waals surface area contributed by atoms with Crippen molar-refractivity contribution >= 4 is 29.3 Å². The molecule has 1 aliphatic carbocycles. The molecule has 1 aromatic heterocycles. The van der Waals surface area contributed by atoms with Crippen LogP contribution in [0.2, 0.25) is 0 Å². The third-order valence-electron chi connectivity index (χ3n) is 6.11. The van der Waals surface area contributed by atoms with Gasteiger partial charge in [-0.3, -0.25) is 9.59 Å². The minimum absolute atomic E-state index is 0.0784. The number of benzene rings is 2. The summed E-state index contributed by atoms with van der Waals surface area (Å²) in [7, 11) is 0. The zero-order valence-corrected chi connectivity index (χ0v) is 20.2. The summed E-state index contributed by atoms with van der Waals surface area (Å²) >= 11 is 1.37. The van der Waals surface area contributed by atoms with Gasteiger partial charge in [0.25, 0.3) is 0 Å². The van der Waals surface area contributed by atoms with E-state index in [1.807, 2.05) is 48.7 Å². The number of nitrogens with one attached hydrogen (secondary N) is 2. The van der Waals surface area contributed by atoms with E-state index in [9.17, 15) is 19.5 Å². The number of aliphatic carboxylic acids is 1. The van der Waals surface area contributed by atoms with Crippen molar-refractivity contribution in [1.82, 2.24) is 10.6 Å². The molecule has 2 atom stereocenters. The highest BCUT2D eigenvalue weighted by atomic mass is 32.1. The van der Waals surface area contributed by atoms with Gasteiger partial charge in [0, 0.05) is 10.8 Å². The van der Waals surface area contributed by atoms with Gasteiger partial charge in [-0.05, 0) is 40.1 Å². The summed E-state index contributed by atoms with van der Waals surface area (Å²) in [6, 6.07) is 18.3. The van der Waals surface area contributed by atoms with E-state index in [1.54, 1.807) is 12.1 Å². The summed E-state index contributed by atoms with van der Waals surface area (Å²) in [5, 5.41) is 16.5. The van der Waals surface area contributed by atoms with Gasteiger partial charge in [-0.1, -0.05) is 67.9 Å². The molecule has 1 heterocycles. The predicted octanol–water partition coefficient (Wildman–Crippen LogP) is 5.09. The summed E-state index contributed by atoms with van der Waals surface area (Å²) in [6.07, 6.45) is 0.145. The van der Waals surface area contributed by atoms with Crippen molar-refractivity contribution in [3.63, 3.8) is 0 Å². The lowest BCUT2D eigenvalue weighted by Crippen LogP contribution is -2.48. The van der Waals surface area contributed by atoms with Crippen molar-refractivity contribution in [2.45, 2.75) is 44.2 Å². The van der Waals surface area contributed by atoms with Crippen LogP contribution in [-0.2, 0) is 14.3 Å². The molecule has 0 bridgehead atoms. The Labute approximate surface area is 208 Å². The third kappa shape index (κ3) is 5.71. The van der Waals surface area contributed by atoms with Gasteiger partial charge in [0.05, 0.1) is 12.5 Å². The average Bonchev–Trinajstić information content (AvgIpc) is 3.49. The SMILES string of the molecule is CCC[C@@H](NC(=O)OCC1c2ccccc2-c2ccccc21)C(=O)NC(CC(=O)O)c1cccs1. The van der Waals surface area contributed by atoms with Gasteiger partial charge >= 0.3 is 12.1 Å². The lowest BCUT2D eigenvalue weighted by atomic mass is 9.98. The molecule has 1 unspecified atom stereocenters. The number of hydrogen-bond acceptors (Lipinski definition) is 5. The fourth-order valence-corrected chi connectivity index (χ4v) is 5.28. The van der Waals surface area contributed by atoms with E-state index in [4.69, 9.17) is 4.74 Å². The van der Waals surface area contributed by atoms with Crippen LogP contribution in [-0.4, -0.2) is 35.7 Å². The molecule has 3 N–H and O–H groups in total. The standard InChI is InChI=1S/C27H28N2O5S/c1-2-8-22(26(32)28-23(15-25(30)31)24-13-7-14-35-24)29-27(33)34-16-21-19-11-5-3-9-17(19)18-10-4-6-12-20(18)21/h3-7,9-14,21-23H,2,8,15-16H2,1H3,(H,28,32)(H,29,33)(H,30,31)/t22-,23?/m1/s1. The number of amides is 2. The number of carboxylic acids is 1. The second kappa shape index (κ2) is 11.2. The van der Waals surface area contributed by atoms with E-state index in [0.717, 1.165) is 27.1 Å². The number of fused-ring (bicyclic) bond motifs is 3. The van der Waals surface area contributed by atoms with Gasteiger partial charge in [0.1, 0.15) is 12.6 Å². The first-order valence-corrected chi connectivity index (χ1v) is 12.5. The molecule has 182 valence electrons. The molecule has 0 aliphatic heterocycles. The number of hydrogen-bond donors (Lipinski definition) is 3. The number of carbonyl (C=O) groups is 3. The maximum atomic E-state index is 13.0. The summed E-state index contributed by atoms with van der Waals surface area (Å²) in [4.78, 5) is 37.7. The molecule has 0 saturated carbocycles. The molecular formula is C27H28N2O5S. The topological polar surface area (TPSA) is 105 Å². The van der Waals surface area contributed by atoms with E-state index in [0.29, 0.717) is 12.8 Å². The number of carboxylic acid groups (broad SMARTS) is 1. The van der Waals surface area contributed by atoms with Crippen LogP contribution in [0.25, 0.3) is 11.1 Å². The van der Waals surface area contributed by atoms with Crippen LogP contribution in [0.4, 0.5) is 4.79 Å². The van der Waals surface area contributed by atoms with Crippen LogP contribution in [0, 0.1) is 0 Å². The summed E-state index contributed by atoms with van der Waals surface area (Å²) in [5.41, 5.74) is 4.49. The highest BCUT2D eigenvalue weighted by Crippen LogP contribution is 2.44. The van der Waals surface area contributed by atoms with Crippen LogP contribution in [0.3, 0.4) is 0 Å². The van der Waals surface area contributed by atoms with Gasteiger partial charge in [-0.2, -0.15) is 0 Å². The van der Waals surface area contributed by atoms with Crippen molar-refractivity contribution in [3.8, 4) is 11.1 Å². The maximum absolute atomic E-state index is 13.0. The van der Waals surface area contributed by atoms with Crippen LogP contribution in [0.15, 0.2) is 66.0 Å². The number of alkyl carbamates (subject to hydrolysis) is 1. The molecule has 0 saturated heterocycles. The fourth-order valence-electron chi connectivity index (χ4n) is 4.50. The van der Waals surface area contributed by atoms with Gasteiger partial charge < -0.3 is 20.5 Å². The smallest absolute Gasteiger partial charge is 0.407 e. The molecule has 8 heteroatoms. The first-order valence-electron chi connectivity index (χ1n) is 11.6. The molecule has 2 aromatic carbocycles. The summed E-state index contributed by atoms with van der Waals surface area (Å²) in [6.45, 7) is 2.06. The predicted molar refractivity (Wildman–Crippen MR) is 134 cm³/mol. The van der Waals surface area contributed by atoms with Crippen molar-refractivity contribution in [2.24, 2.45) is 0 Å². The van der Waals surface area contributed by atoms with Gasteiger partial charge in [0.15, 0.2) is 0 Å². The van der Waals surface area contributed by atoms with Crippen LogP contribution in [0.1, 0.15) is 54.1 Å². The first kappa shape index (κ1) is 24.5. The molecule has 35 heavy (non-hydrogen) atoms. The van der Waals surface area contributed by atoms with E-state index >= 15 is 0 Å². The van der Waals surface area contributed by atoms with Crippen LogP contribution in [0.5, 0.6) is 0 Å². The maximum Gasteiger partial charge on any atom is 0.407 e. The molecular weight excluding hydrogens is 464 g/mol. The Hall–Kier alpha value is -3.65. The number of thiophene rings is 1. The Morgan fingerprint density at radius 3 is 2.20 bits per heavy atom. The highest BCUT2D eigenvalue weighted by Gasteiger charge is 2.30. The Bertz CT molecular complexity index is 1150. The van der Waals surface area contributed by atoms with Crippen molar-refractivity contribution in [2.75, 3.05) is 6.61 Å². The van der Waals surface area contributed by atoms with E-state index in [2.05, 4.69) is 22.8 Å². The third-order valence-corrected chi connectivity index (χ3v) is 7.10. The summed E-state index contributed by atoms with van der Waals surface area (Å²) in [5.74, 6) is -1.52. The fraction of sp³-hybridized carbons (Fsp3) is 0.296. The first-order chi connectivity index (χ1) is 17.0. The molecule has 0 fully saturated rings. The Morgan fingerprint density at radius 1 is 0.971 bits per heavy atom. The number of rotatable bonds is 10. The monoisotopic (exact) mass is 492 g/mol. The molecule has 7 nitrogen and oxygen atoms in total. The van der Waals surface area contributed by atoms with Gasteiger partial charge in [0.2, 0.25) is 5.91 Å². The van der Waals surface area contributed by atoms with E-state index in [1.165, 1.54) is 11.3 Å². The Morgan fingerprint density at radius 2 is 1.63 bits per heavy atom. The normalized spacial score (nSPS) is 13.9. The minimum atomic E-state index is -1.01. The lowest BCUT2D eigenvalue weighted by Gasteiger charge is -2.22. The Balaban J connectivity index is 1.40. The second-order valence-electron chi connectivity index (χ2n) is 8.49. The van der Waals surface area contributed by atoms with Crippen LogP contribution >= 0.6 is 11.3 Å². The molecule has 4 rings (SSSR count). The largest absolute Gasteiger partial charge is 0.481 e.